The number of allylic oxidation sites excluding steroid dienone is 1. The molecule has 0 bridgehead atoms. The van der Waals surface area contributed by atoms with Crippen LogP contribution in [0.3, 0.4) is 0 Å². The van der Waals surface area contributed by atoms with E-state index in [1.807, 2.05) is 19.9 Å². The van der Waals surface area contributed by atoms with Crippen molar-refractivity contribution in [1.82, 2.24) is 0 Å². The lowest BCUT2D eigenvalue weighted by atomic mass is 9.92. The van der Waals surface area contributed by atoms with E-state index in [2.05, 4.69) is 0 Å². The van der Waals surface area contributed by atoms with Crippen LogP contribution in [-0.4, -0.2) is 11.4 Å². The number of alkyl halides is 3. The number of hydrogen-bond donors (Lipinski definition) is 0. The largest absolute Gasteiger partial charge is 0.488 e. The number of nitrogens with zero attached hydrogens (tertiary/aromatic N) is 1. The predicted molar refractivity (Wildman–Crippen MR) is 98.8 cm³/mol. The molecular weight excluding hydrogens is 367 g/mol. The topological polar surface area (TPSA) is 50.1 Å². The van der Waals surface area contributed by atoms with Crippen LogP contribution < -0.4 is 4.74 Å². The van der Waals surface area contributed by atoms with Gasteiger partial charge in [-0.3, -0.25) is 4.79 Å². The number of fused-ring (bicyclic) bond motifs is 1. The van der Waals surface area contributed by atoms with Gasteiger partial charge in [0.15, 0.2) is 0 Å². The van der Waals surface area contributed by atoms with E-state index < -0.39 is 17.5 Å². The summed E-state index contributed by atoms with van der Waals surface area (Å²) >= 11 is 0. The number of rotatable bonds is 3. The van der Waals surface area contributed by atoms with E-state index in [0.29, 0.717) is 5.56 Å². The zero-order valence-corrected chi connectivity index (χ0v) is 15.4. The number of aryl methyl sites for hydroxylation is 1. The smallest absolute Gasteiger partial charge is 0.416 e. The first-order chi connectivity index (χ1) is 13.1. The van der Waals surface area contributed by atoms with Crippen LogP contribution in [0.4, 0.5) is 13.2 Å². The summed E-state index contributed by atoms with van der Waals surface area (Å²) < 4.78 is 44.5. The molecule has 0 spiro atoms. The van der Waals surface area contributed by atoms with E-state index in [0.717, 1.165) is 42.4 Å². The number of benzene rings is 2. The molecule has 144 valence electrons. The molecule has 1 aliphatic heterocycles. The molecule has 1 aliphatic rings. The molecule has 3 rings (SSSR count). The van der Waals surface area contributed by atoms with Crippen LogP contribution in [0, 0.1) is 11.3 Å². The Balaban J connectivity index is 1.91. The van der Waals surface area contributed by atoms with Crippen LogP contribution in [0.15, 0.2) is 48.0 Å². The molecule has 6 heteroatoms. The third kappa shape index (κ3) is 4.25. The van der Waals surface area contributed by atoms with E-state index in [9.17, 15) is 23.2 Å². The maximum absolute atomic E-state index is 12.9. The van der Waals surface area contributed by atoms with Gasteiger partial charge in [0.25, 0.3) is 0 Å². The monoisotopic (exact) mass is 385 g/mol. The lowest BCUT2D eigenvalue weighted by Crippen LogP contribution is -2.32. The summed E-state index contributed by atoms with van der Waals surface area (Å²) in [5, 5.41) is 9.37. The van der Waals surface area contributed by atoms with Crippen LogP contribution in [0.5, 0.6) is 5.75 Å². The molecule has 0 N–H and O–H groups in total. The van der Waals surface area contributed by atoms with Crippen molar-refractivity contribution >= 4 is 11.9 Å². The summed E-state index contributed by atoms with van der Waals surface area (Å²) in [5.41, 5.74) is 0.0174. The Morgan fingerprint density at radius 3 is 2.64 bits per heavy atom. The van der Waals surface area contributed by atoms with Gasteiger partial charge in [-0.25, -0.2) is 0 Å². The molecule has 0 atom stereocenters. The van der Waals surface area contributed by atoms with E-state index in [4.69, 9.17) is 4.74 Å². The molecule has 28 heavy (non-hydrogen) atoms. The van der Waals surface area contributed by atoms with Crippen LogP contribution in [0.25, 0.3) is 6.08 Å². The first kappa shape index (κ1) is 19.7. The Hall–Kier alpha value is -3.07. The molecule has 0 saturated carbocycles. The number of hydrogen-bond acceptors (Lipinski definition) is 3. The Morgan fingerprint density at radius 2 is 1.96 bits per heavy atom. The molecule has 0 saturated heterocycles. The number of carbonyl (C=O) groups excluding carboxylic acids is 1. The summed E-state index contributed by atoms with van der Waals surface area (Å²) in [7, 11) is 0. The molecule has 0 aromatic heterocycles. The van der Waals surface area contributed by atoms with Gasteiger partial charge in [0.1, 0.15) is 23.0 Å². The summed E-state index contributed by atoms with van der Waals surface area (Å²) in [5.74, 6) is 0.0137. The lowest BCUT2D eigenvalue weighted by molar-refractivity contribution is -0.137. The van der Waals surface area contributed by atoms with Gasteiger partial charge in [0, 0.05) is 5.56 Å². The Kier molecular flexibility index (Phi) is 5.03. The first-order valence-corrected chi connectivity index (χ1v) is 8.75. The van der Waals surface area contributed by atoms with Crippen molar-refractivity contribution < 1.29 is 22.7 Å². The fourth-order valence-electron chi connectivity index (χ4n) is 3.08. The highest BCUT2D eigenvalue weighted by Crippen LogP contribution is 2.34. The second kappa shape index (κ2) is 7.16. The minimum Gasteiger partial charge on any atom is -0.488 e. The van der Waals surface area contributed by atoms with Gasteiger partial charge in [-0.2, -0.15) is 18.4 Å². The van der Waals surface area contributed by atoms with Gasteiger partial charge >= 0.3 is 6.18 Å². The average Bonchev–Trinajstić information content (AvgIpc) is 2.64. The second-order valence-corrected chi connectivity index (χ2v) is 7.31. The number of halogens is 3. The van der Waals surface area contributed by atoms with E-state index in [1.165, 1.54) is 12.1 Å². The summed E-state index contributed by atoms with van der Waals surface area (Å²) in [6.07, 6.45) is -1.53. The Morgan fingerprint density at radius 1 is 1.21 bits per heavy atom. The summed E-state index contributed by atoms with van der Waals surface area (Å²) in [6.45, 7) is 4.01. The van der Waals surface area contributed by atoms with E-state index in [-0.39, 0.29) is 16.7 Å². The molecule has 1 heterocycles. The SMILES string of the molecule is CC1(C)CCc2cc(C=C(C#N)C(=O)c3cccc(C(F)(F)F)c3)ccc2O1. The normalized spacial score (nSPS) is 15.9. The third-order valence-corrected chi connectivity index (χ3v) is 4.60. The molecule has 0 amide bonds. The lowest BCUT2D eigenvalue weighted by Gasteiger charge is -2.32. The Bertz CT molecular complexity index is 998. The van der Waals surface area contributed by atoms with Gasteiger partial charge in [0.05, 0.1) is 5.56 Å². The molecule has 0 aliphatic carbocycles. The van der Waals surface area contributed by atoms with Crippen LogP contribution in [0.1, 0.15) is 47.3 Å². The quantitative estimate of drug-likeness (QED) is 0.393. The average molecular weight is 385 g/mol. The first-order valence-electron chi connectivity index (χ1n) is 8.75. The minimum atomic E-state index is -4.56. The minimum absolute atomic E-state index is 0.175. The van der Waals surface area contributed by atoms with Gasteiger partial charge in [-0.1, -0.05) is 18.2 Å². The molecule has 2 aromatic rings. The predicted octanol–water partition coefficient (Wildman–Crippen LogP) is 5.60. The number of Topliss-reactive ketones (excluding diaryl/α,β-unsaturated/α-hetero) is 1. The standard InChI is InChI=1S/C22H18F3NO2/c1-21(2)9-8-15-10-14(6-7-19(15)28-21)11-17(13-26)20(27)16-4-3-5-18(12-16)22(23,24)25/h3-7,10-12H,8-9H2,1-2H3. The number of nitriles is 1. The Labute approximate surface area is 161 Å². The third-order valence-electron chi connectivity index (χ3n) is 4.60. The summed E-state index contributed by atoms with van der Waals surface area (Å²) in [4.78, 5) is 12.6. The van der Waals surface area contributed by atoms with Crippen LogP contribution in [0.2, 0.25) is 0 Å². The van der Waals surface area contributed by atoms with Gasteiger partial charge in [-0.05, 0) is 68.2 Å². The maximum atomic E-state index is 12.9. The zero-order chi connectivity index (χ0) is 20.5. The molecule has 2 aromatic carbocycles. The second-order valence-electron chi connectivity index (χ2n) is 7.31. The number of carbonyl (C=O) groups is 1. The van der Waals surface area contributed by atoms with Crippen molar-refractivity contribution in [3.63, 3.8) is 0 Å². The highest BCUT2D eigenvalue weighted by atomic mass is 19.4. The molecule has 0 radical (unpaired) electrons. The van der Waals surface area contributed by atoms with Crippen molar-refractivity contribution in [2.45, 2.75) is 38.5 Å². The van der Waals surface area contributed by atoms with Crippen molar-refractivity contribution in [3.05, 3.63) is 70.3 Å². The maximum Gasteiger partial charge on any atom is 0.416 e. The van der Waals surface area contributed by atoms with Crippen molar-refractivity contribution in [2.75, 3.05) is 0 Å². The van der Waals surface area contributed by atoms with Crippen LogP contribution in [-0.2, 0) is 12.6 Å². The number of ketones is 1. The molecule has 3 nitrogen and oxygen atoms in total. The van der Waals surface area contributed by atoms with Gasteiger partial charge in [0.2, 0.25) is 5.78 Å². The molecule has 0 unspecified atom stereocenters. The van der Waals surface area contributed by atoms with Crippen molar-refractivity contribution in [3.8, 4) is 11.8 Å². The van der Waals surface area contributed by atoms with E-state index in [1.54, 1.807) is 18.2 Å². The van der Waals surface area contributed by atoms with Gasteiger partial charge < -0.3 is 4.74 Å². The zero-order valence-electron chi connectivity index (χ0n) is 15.4. The molecular formula is C22H18F3NO2. The summed E-state index contributed by atoms with van der Waals surface area (Å²) in [6, 6.07) is 11.2. The van der Waals surface area contributed by atoms with Crippen molar-refractivity contribution in [1.29, 1.82) is 5.26 Å². The van der Waals surface area contributed by atoms with Gasteiger partial charge in [-0.15, -0.1) is 0 Å². The van der Waals surface area contributed by atoms with Crippen molar-refractivity contribution in [2.24, 2.45) is 0 Å². The fraction of sp³-hybridized carbons (Fsp3) is 0.273. The molecule has 0 fully saturated rings. The highest BCUT2D eigenvalue weighted by molar-refractivity contribution is 6.14. The van der Waals surface area contributed by atoms with E-state index >= 15 is 0 Å². The fourth-order valence-corrected chi connectivity index (χ4v) is 3.08. The van der Waals surface area contributed by atoms with Crippen LogP contribution >= 0.6 is 0 Å². The number of ether oxygens (including phenoxy) is 1. The highest BCUT2D eigenvalue weighted by Gasteiger charge is 2.31.